The molecule has 3 N–H and O–H groups in total. The molecule has 0 fully saturated rings. The maximum atomic E-state index is 12.5. The number of para-hydroxylation sites is 1. The van der Waals surface area contributed by atoms with Crippen molar-refractivity contribution >= 4 is 45.6 Å². The Kier molecular flexibility index (Phi) is 11.2. The van der Waals surface area contributed by atoms with E-state index in [2.05, 4.69) is 37.1 Å². The van der Waals surface area contributed by atoms with Crippen LogP contribution in [0.3, 0.4) is 0 Å². The maximum Gasteiger partial charge on any atom is 0.329 e. The van der Waals surface area contributed by atoms with Gasteiger partial charge in [0.2, 0.25) is 0 Å². The minimum absolute atomic E-state index is 0.219. The van der Waals surface area contributed by atoms with Crippen LogP contribution in [0.25, 0.3) is 0 Å². The summed E-state index contributed by atoms with van der Waals surface area (Å²) in [6.45, 7) is 8.24. The maximum absolute atomic E-state index is 12.5. The zero-order valence-electron chi connectivity index (χ0n) is 20.4. The molecular formula is C25H31BrN4O5. The van der Waals surface area contributed by atoms with Gasteiger partial charge in [-0.3, -0.25) is 14.4 Å². The number of nitrogens with one attached hydrogen (secondary N) is 3. The number of anilines is 1. The topological polar surface area (TPSA) is 118 Å². The van der Waals surface area contributed by atoms with Gasteiger partial charge in [-0.05, 0) is 71.9 Å². The van der Waals surface area contributed by atoms with Crippen LogP contribution >= 0.6 is 15.9 Å². The molecular weight excluding hydrogens is 516 g/mol. The third-order valence-corrected chi connectivity index (χ3v) is 5.42. The monoisotopic (exact) mass is 546 g/mol. The lowest BCUT2D eigenvalue weighted by molar-refractivity contribution is -0.139. The second-order valence-corrected chi connectivity index (χ2v) is 8.53. The number of nitrogens with zero attached hydrogens (tertiary/aromatic N) is 1. The first-order chi connectivity index (χ1) is 16.8. The Morgan fingerprint density at radius 1 is 1.06 bits per heavy atom. The third kappa shape index (κ3) is 8.71. The van der Waals surface area contributed by atoms with E-state index in [0.717, 1.165) is 29.7 Å². The molecule has 0 bridgehead atoms. The van der Waals surface area contributed by atoms with E-state index >= 15 is 0 Å². The molecule has 188 valence electrons. The quantitative estimate of drug-likeness (QED) is 0.171. The van der Waals surface area contributed by atoms with Crippen molar-refractivity contribution in [1.29, 1.82) is 0 Å². The van der Waals surface area contributed by atoms with Gasteiger partial charge in [0.25, 0.3) is 5.91 Å². The SMILES string of the molecule is CCCCNC(=O)C(=O)N/N=C\c1cc(Br)c(OCC(=O)Nc2c(C)cccc2C)c(OCC)c1. The van der Waals surface area contributed by atoms with E-state index in [0.29, 0.717) is 34.7 Å². The second kappa shape index (κ2) is 14.1. The summed E-state index contributed by atoms with van der Waals surface area (Å²) in [4.78, 5) is 36.0. The minimum Gasteiger partial charge on any atom is -0.490 e. The number of halogens is 1. The van der Waals surface area contributed by atoms with Crippen molar-refractivity contribution < 1.29 is 23.9 Å². The first-order valence-electron chi connectivity index (χ1n) is 11.3. The molecule has 0 aliphatic carbocycles. The first-order valence-corrected chi connectivity index (χ1v) is 12.1. The van der Waals surface area contributed by atoms with Gasteiger partial charge >= 0.3 is 11.8 Å². The molecule has 9 nitrogen and oxygen atoms in total. The van der Waals surface area contributed by atoms with Crippen molar-refractivity contribution in [3.8, 4) is 11.5 Å². The Morgan fingerprint density at radius 3 is 2.43 bits per heavy atom. The van der Waals surface area contributed by atoms with Gasteiger partial charge in [-0.2, -0.15) is 5.10 Å². The van der Waals surface area contributed by atoms with E-state index in [1.165, 1.54) is 6.21 Å². The fourth-order valence-corrected chi connectivity index (χ4v) is 3.64. The van der Waals surface area contributed by atoms with Crippen LogP contribution in [-0.2, 0) is 14.4 Å². The van der Waals surface area contributed by atoms with Crippen molar-refractivity contribution in [3.05, 3.63) is 51.5 Å². The van der Waals surface area contributed by atoms with Gasteiger partial charge in [-0.1, -0.05) is 31.5 Å². The number of hydrogen-bond donors (Lipinski definition) is 3. The Labute approximate surface area is 213 Å². The number of rotatable bonds is 11. The predicted molar refractivity (Wildman–Crippen MR) is 139 cm³/mol. The second-order valence-electron chi connectivity index (χ2n) is 7.68. The standard InChI is InChI=1S/C25H31BrN4O5/c1-5-7-11-27-24(32)25(33)30-28-14-18-12-19(26)23(20(13-18)34-6-2)35-15-21(31)29-22-16(3)9-8-10-17(22)4/h8-10,12-14H,5-7,11,15H2,1-4H3,(H,27,32)(H,29,31)(H,30,33)/b28-14-. The van der Waals surface area contributed by atoms with Crippen LogP contribution in [0.4, 0.5) is 5.69 Å². The highest BCUT2D eigenvalue weighted by atomic mass is 79.9. The largest absolute Gasteiger partial charge is 0.490 e. The van der Waals surface area contributed by atoms with Gasteiger partial charge in [-0.25, -0.2) is 5.43 Å². The Hall–Kier alpha value is -3.40. The molecule has 0 radical (unpaired) electrons. The molecule has 0 heterocycles. The molecule has 0 aliphatic heterocycles. The van der Waals surface area contributed by atoms with E-state index < -0.39 is 11.8 Å². The molecule has 0 unspecified atom stereocenters. The Balaban J connectivity index is 2.04. The number of ether oxygens (including phenoxy) is 2. The van der Waals surface area contributed by atoms with Gasteiger partial charge < -0.3 is 20.1 Å². The van der Waals surface area contributed by atoms with E-state index in [1.807, 2.05) is 45.9 Å². The number of amides is 3. The van der Waals surface area contributed by atoms with Gasteiger partial charge in [-0.15, -0.1) is 0 Å². The fourth-order valence-electron chi connectivity index (χ4n) is 3.07. The van der Waals surface area contributed by atoms with E-state index in [1.54, 1.807) is 12.1 Å². The van der Waals surface area contributed by atoms with Crippen LogP contribution < -0.4 is 25.5 Å². The van der Waals surface area contributed by atoms with Crippen molar-refractivity contribution in [2.75, 3.05) is 25.1 Å². The van der Waals surface area contributed by atoms with Crippen molar-refractivity contribution in [2.45, 2.75) is 40.5 Å². The lowest BCUT2D eigenvalue weighted by Gasteiger charge is -2.15. The van der Waals surface area contributed by atoms with Gasteiger partial charge in [0.05, 0.1) is 17.3 Å². The van der Waals surface area contributed by atoms with Crippen LogP contribution in [-0.4, -0.2) is 43.7 Å². The van der Waals surface area contributed by atoms with Crippen LogP contribution in [0.5, 0.6) is 11.5 Å². The summed E-state index contributed by atoms with van der Waals surface area (Å²) in [5.41, 5.74) is 5.46. The Morgan fingerprint density at radius 2 is 1.77 bits per heavy atom. The Bertz CT molecular complexity index is 1070. The molecule has 3 amide bonds. The number of hydrazone groups is 1. The molecule has 0 saturated carbocycles. The summed E-state index contributed by atoms with van der Waals surface area (Å²) >= 11 is 3.44. The molecule has 0 atom stereocenters. The number of benzene rings is 2. The minimum atomic E-state index is -0.851. The molecule has 0 aromatic heterocycles. The lowest BCUT2D eigenvalue weighted by Crippen LogP contribution is -2.38. The average Bonchev–Trinajstić information content (AvgIpc) is 2.81. The van der Waals surface area contributed by atoms with Crippen LogP contribution in [0.1, 0.15) is 43.4 Å². The predicted octanol–water partition coefficient (Wildman–Crippen LogP) is 3.85. The molecule has 2 aromatic rings. The summed E-state index contributed by atoms with van der Waals surface area (Å²) in [5.74, 6) is -1.14. The van der Waals surface area contributed by atoms with Crippen LogP contribution in [0, 0.1) is 13.8 Å². The highest BCUT2D eigenvalue weighted by Crippen LogP contribution is 2.36. The highest BCUT2D eigenvalue weighted by Gasteiger charge is 2.15. The molecule has 0 saturated heterocycles. The summed E-state index contributed by atoms with van der Waals surface area (Å²) in [7, 11) is 0. The molecule has 2 aromatic carbocycles. The number of carbonyl (C=O) groups excluding carboxylic acids is 3. The number of aryl methyl sites for hydroxylation is 2. The van der Waals surface area contributed by atoms with Crippen LogP contribution in [0.15, 0.2) is 39.9 Å². The molecule has 0 aliphatic rings. The first kappa shape index (κ1) is 27.8. The molecule has 2 rings (SSSR count). The zero-order chi connectivity index (χ0) is 25.8. The van der Waals surface area contributed by atoms with Gasteiger partial charge in [0.1, 0.15) is 0 Å². The van der Waals surface area contributed by atoms with E-state index in [-0.39, 0.29) is 12.5 Å². The fraction of sp³-hybridized carbons (Fsp3) is 0.360. The summed E-state index contributed by atoms with van der Waals surface area (Å²) in [6, 6.07) is 9.13. The molecule has 10 heteroatoms. The molecule has 35 heavy (non-hydrogen) atoms. The normalized spacial score (nSPS) is 10.7. The van der Waals surface area contributed by atoms with E-state index in [9.17, 15) is 14.4 Å². The average molecular weight is 547 g/mol. The van der Waals surface area contributed by atoms with Crippen molar-refractivity contribution in [3.63, 3.8) is 0 Å². The highest BCUT2D eigenvalue weighted by molar-refractivity contribution is 9.10. The number of hydrogen-bond acceptors (Lipinski definition) is 6. The van der Waals surface area contributed by atoms with Crippen LogP contribution in [0.2, 0.25) is 0 Å². The number of unbranched alkanes of at least 4 members (excludes halogenated alkanes) is 1. The molecule has 0 spiro atoms. The third-order valence-electron chi connectivity index (χ3n) is 4.83. The number of carbonyl (C=O) groups is 3. The van der Waals surface area contributed by atoms with Gasteiger partial charge in [0.15, 0.2) is 18.1 Å². The van der Waals surface area contributed by atoms with Crippen molar-refractivity contribution in [2.24, 2.45) is 5.10 Å². The van der Waals surface area contributed by atoms with E-state index in [4.69, 9.17) is 9.47 Å². The van der Waals surface area contributed by atoms with Gasteiger partial charge in [0, 0.05) is 12.2 Å². The van der Waals surface area contributed by atoms with Crippen molar-refractivity contribution in [1.82, 2.24) is 10.7 Å². The summed E-state index contributed by atoms with van der Waals surface area (Å²) in [5, 5.41) is 9.23. The summed E-state index contributed by atoms with van der Waals surface area (Å²) in [6.07, 6.45) is 3.08. The summed E-state index contributed by atoms with van der Waals surface area (Å²) < 4.78 is 12.0. The smallest absolute Gasteiger partial charge is 0.329 e. The zero-order valence-corrected chi connectivity index (χ0v) is 22.0. The lowest BCUT2D eigenvalue weighted by atomic mass is 10.1.